The van der Waals surface area contributed by atoms with E-state index in [9.17, 15) is 0 Å². The van der Waals surface area contributed by atoms with Crippen molar-refractivity contribution >= 4 is 45.8 Å². The minimum absolute atomic E-state index is 0.294. The highest BCUT2D eigenvalue weighted by molar-refractivity contribution is 7.80. The van der Waals surface area contributed by atoms with Crippen LogP contribution in [0, 0.1) is 0 Å². The molecule has 118 valence electrons. The summed E-state index contributed by atoms with van der Waals surface area (Å²) in [7, 11) is 0. The van der Waals surface area contributed by atoms with Crippen molar-refractivity contribution in [2.45, 2.75) is 0 Å². The van der Waals surface area contributed by atoms with Gasteiger partial charge in [-0.25, -0.2) is 9.50 Å². The number of benzene rings is 1. The third kappa shape index (κ3) is 2.58. The Morgan fingerprint density at radius 2 is 2.04 bits per heavy atom. The zero-order valence-corrected chi connectivity index (χ0v) is 14.7. The average molecular weight is 371 g/mol. The Hall–Kier alpha value is -2.28. The number of nitrogens with zero attached hydrogens (tertiary/aromatic N) is 3. The summed E-state index contributed by atoms with van der Waals surface area (Å²) in [5, 5.41) is 7.33. The number of pyridine rings is 1. The molecule has 1 aromatic carbocycles. The zero-order chi connectivity index (χ0) is 16.7. The summed E-state index contributed by atoms with van der Waals surface area (Å²) in [4.78, 5) is 6.03. The molecule has 4 nitrogen and oxygen atoms in total. The monoisotopic (exact) mass is 370 g/mol. The van der Waals surface area contributed by atoms with Gasteiger partial charge in [0.15, 0.2) is 11.5 Å². The zero-order valence-electron chi connectivity index (χ0n) is 12.3. The molecule has 2 N–H and O–H groups in total. The maximum atomic E-state index is 6.09. The van der Waals surface area contributed by atoms with Gasteiger partial charge in [-0.2, -0.15) is 0 Å². The maximum absolute atomic E-state index is 6.09. The molecule has 0 bridgehead atoms. The van der Waals surface area contributed by atoms with Gasteiger partial charge in [-0.3, -0.25) is 0 Å². The topological polar surface area (TPSA) is 56.2 Å². The minimum Gasteiger partial charge on any atom is -0.389 e. The van der Waals surface area contributed by atoms with Gasteiger partial charge in [0.25, 0.3) is 0 Å². The molecule has 0 spiro atoms. The highest BCUT2D eigenvalue weighted by Crippen LogP contribution is 2.28. The number of rotatable bonds is 3. The molecule has 3 heterocycles. The van der Waals surface area contributed by atoms with Crippen molar-refractivity contribution in [1.82, 2.24) is 14.6 Å². The van der Waals surface area contributed by atoms with E-state index in [1.54, 1.807) is 15.9 Å². The molecule has 4 rings (SSSR count). The second kappa shape index (κ2) is 5.98. The number of aromatic nitrogens is 3. The average Bonchev–Trinajstić information content (AvgIpc) is 3.23. The predicted molar refractivity (Wildman–Crippen MR) is 103 cm³/mol. The van der Waals surface area contributed by atoms with Gasteiger partial charge in [-0.05, 0) is 35.7 Å². The van der Waals surface area contributed by atoms with Crippen LogP contribution < -0.4 is 5.73 Å². The molecule has 0 saturated heterocycles. The van der Waals surface area contributed by atoms with Crippen LogP contribution in [0.25, 0.3) is 27.6 Å². The van der Waals surface area contributed by atoms with Crippen molar-refractivity contribution in [1.29, 1.82) is 0 Å². The van der Waals surface area contributed by atoms with E-state index >= 15 is 0 Å². The van der Waals surface area contributed by atoms with Crippen molar-refractivity contribution in [3.05, 3.63) is 64.5 Å². The molecule has 0 atom stereocenters. The first-order valence-electron chi connectivity index (χ1n) is 7.13. The van der Waals surface area contributed by atoms with Crippen LogP contribution in [0.1, 0.15) is 5.56 Å². The van der Waals surface area contributed by atoms with Crippen molar-refractivity contribution in [2.75, 3.05) is 0 Å². The van der Waals surface area contributed by atoms with Gasteiger partial charge >= 0.3 is 0 Å². The lowest BCUT2D eigenvalue weighted by molar-refractivity contribution is 0.975. The van der Waals surface area contributed by atoms with E-state index in [4.69, 9.17) is 29.6 Å². The van der Waals surface area contributed by atoms with E-state index in [1.807, 2.05) is 53.9 Å². The first kappa shape index (κ1) is 15.3. The molecule has 0 fully saturated rings. The fourth-order valence-electron chi connectivity index (χ4n) is 2.51. The van der Waals surface area contributed by atoms with Gasteiger partial charge in [0.2, 0.25) is 0 Å². The Morgan fingerprint density at radius 1 is 1.17 bits per heavy atom. The van der Waals surface area contributed by atoms with E-state index in [0.717, 1.165) is 16.1 Å². The summed E-state index contributed by atoms with van der Waals surface area (Å²) in [6.07, 6.45) is 0. The second-order valence-electron chi connectivity index (χ2n) is 5.15. The predicted octanol–water partition coefficient (Wildman–Crippen LogP) is 4.41. The number of thiophene rings is 1. The fraction of sp³-hybridized carbons (Fsp3) is 0. The van der Waals surface area contributed by atoms with Crippen LogP contribution in [0.15, 0.2) is 53.9 Å². The van der Waals surface area contributed by atoms with E-state index in [2.05, 4.69) is 10.1 Å². The van der Waals surface area contributed by atoms with Crippen molar-refractivity contribution in [3.63, 3.8) is 0 Å². The second-order valence-corrected chi connectivity index (χ2v) is 6.98. The molecule has 0 saturated carbocycles. The molecule has 3 aromatic heterocycles. The van der Waals surface area contributed by atoms with Crippen LogP contribution in [0.2, 0.25) is 5.02 Å². The van der Waals surface area contributed by atoms with Crippen LogP contribution in [0.5, 0.6) is 0 Å². The fourth-order valence-corrected chi connectivity index (χ4v) is 3.60. The Balaban J connectivity index is 2.01. The van der Waals surface area contributed by atoms with Crippen LogP contribution >= 0.6 is 35.2 Å². The van der Waals surface area contributed by atoms with Crippen molar-refractivity contribution in [3.8, 4) is 22.0 Å². The lowest BCUT2D eigenvalue weighted by atomic mass is 10.2. The Morgan fingerprint density at radius 3 is 2.75 bits per heavy atom. The molecular formula is C17H11ClN4S2. The lowest BCUT2D eigenvalue weighted by Gasteiger charge is -2.05. The standard InChI is InChI=1S/C17H11ClN4S2/c18-11-4-1-3-10(9-11)16-20-17-12(15(19)23)6-7-13(22(17)21-16)14-5-2-8-24-14/h1-9H,(H2,19,23). The Labute approximate surface area is 152 Å². The number of fused-ring (bicyclic) bond motifs is 1. The smallest absolute Gasteiger partial charge is 0.182 e. The third-order valence-electron chi connectivity index (χ3n) is 3.61. The van der Waals surface area contributed by atoms with Gasteiger partial charge in [0, 0.05) is 10.6 Å². The first-order chi connectivity index (χ1) is 11.6. The van der Waals surface area contributed by atoms with Crippen LogP contribution in [-0.4, -0.2) is 19.6 Å². The molecule has 0 aliphatic rings. The highest BCUT2D eigenvalue weighted by Gasteiger charge is 2.16. The molecule has 0 aliphatic carbocycles. The van der Waals surface area contributed by atoms with Crippen LogP contribution in [0.3, 0.4) is 0 Å². The normalized spacial score (nSPS) is 11.0. The summed E-state index contributed by atoms with van der Waals surface area (Å²) in [6, 6.07) is 15.3. The lowest BCUT2D eigenvalue weighted by Crippen LogP contribution is -2.12. The third-order valence-corrected chi connectivity index (χ3v) is 4.95. The van der Waals surface area contributed by atoms with Crippen LogP contribution in [0.4, 0.5) is 0 Å². The molecule has 24 heavy (non-hydrogen) atoms. The minimum atomic E-state index is 0.294. The quantitative estimate of drug-likeness (QED) is 0.542. The van der Waals surface area contributed by atoms with Gasteiger partial charge in [0.1, 0.15) is 4.99 Å². The van der Waals surface area contributed by atoms with Gasteiger partial charge in [-0.15, -0.1) is 16.4 Å². The van der Waals surface area contributed by atoms with Gasteiger partial charge in [-0.1, -0.05) is 42.0 Å². The molecule has 0 radical (unpaired) electrons. The highest BCUT2D eigenvalue weighted by atomic mass is 35.5. The number of thiocarbonyl (C=S) groups is 1. The van der Waals surface area contributed by atoms with E-state index in [0.29, 0.717) is 27.0 Å². The molecule has 7 heteroatoms. The summed E-state index contributed by atoms with van der Waals surface area (Å²) < 4.78 is 1.79. The summed E-state index contributed by atoms with van der Waals surface area (Å²) in [5.41, 5.74) is 8.98. The summed E-state index contributed by atoms with van der Waals surface area (Å²) in [5.74, 6) is 0.582. The van der Waals surface area contributed by atoms with E-state index < -0.39 is 0 Å². The molecule has 4 aromatic rings. The number of halogens is 1. The SMILES string of the molecule is NC(=S)c1ccc(-c2cccs2)n2nc(-c3cccc(Cl)c3)nc12. The van der Waals surface area contributed by atoms with Crippen molar-refractivity contribution < 1.29 is 0 Å². The molecular weight excluding hydrogens is 360 g/mol. The van der Waals surface area contributed by atoms with E-state index in [1.165, 1.54) is 0 Å². The van der Waals surface area contributed by atoms with Crippen molar-refractivity contribution in [2.24, 2.45) is 5.73 Å². The molecule has 0 unspecified atom stereocenters. The first-order valence-corrected chi connectivity index (χ1v) is 8.79. The molecule has 0 amide bonds. The maximum Gasteiger partial charge on any atom is 0.182 e. The number of hydrogen-bond acceptors (Lipinski definition) is 4. The van der Waals surface area contributed by atoms with E-state index in [-0.39, 0.29) is 0 Å². The Kier molecular flexibility index (Phi) is 3.80. The van der Waals surface area contributed by atoms with Gasteiger partial charge in [0.05, 0.1) is 16.1 Å². The number of nitrogens with two attached hydrogens (primary N) is 1. The largest absolute Gasteiger partial charge is 0.389 e. The summed E-state index contributed by atoms with van der Waals surface area (Å²) in [6.45, 7) is 0. The Bertz CT molecular complexity index is 1050. The summed E-state index contributed by atoms with van der Waals surface area (Å²) >= 11 is 12.9. The van der Waals surface area contributed by atoms with Gasteiger partial charge < -0.3 is 5.73 Å². The molecule has 0 aliphatic heterocycles. The van der Waals surface area contributed by atoms with Crippen LogP contribution in [-0.2, 0) is 0 Å². The number of hydrogen-bond donors (Lipinski definition) is 1.